The summed E-state index contributed by atoms with van der Waals surface area (Å²) < 4.78 is 0. The zero-order chi connectivity index (χ0) is 15.2. The summed E-state index contributed by atoms with van der Waals surface area (Å²) in [5.74, 6) is -0.270. The lowest BCUT2D eigenvalue weighted by Gasteiger charge is -2.16. The molecule has 0 unspecified atom stereocenters. The Labute approximate surface area is 124 Å². The third kappa shape index (κ3) is 4.16. The van der Waals surface area contributed by atoms with E-state index in [1.807, 2.05) is 29.2 Å². The second-order valence-corrected chi connectivity index (χ2v) is 5.14. The summed E-state index contributed by atoms with van der Waals surface area (Å²) >= 11 is 0. The molecule has 0 bridgehead atoms. The fourth-order valence-electron chi connectivity index (χ4n) is 2.33. The van der Waals surface area contributed by atoms with Crippen LogP contribution in [0.5, 0.6) is 0 Å². The van der Waals surface area contributed by atoms with E-state index in [4.69, 9.17) is 0 Å². The topological polar surface area (TPSA) is 69.6 Å². The molecule has 1 aliphatic rings. The van der Waals surface area contributed by atoms with E-state index in [2.05, 4.69) is 11.9 Å². The molecule has 1 aromatic carbocycles. The summed E-state index contributed by atoms with van der Waals surface area (Å²) in [6.45, 7) is 5.12. The minimum absolute atomic E-state index is 0.197. The minimum Gasteiger partial charge on any atom is -0.379 e. The van der Waals surface area contributed by atoms with Crippen LogP contribution < -0.4 is 5.32 Å². The first-order valence-electron chi connectivity index (χ1n) is 7.04. The molecule has 0 radical (unpaired) electrons. The Bertz CT molecular complexity index is 542. The van der Waals surface area contributed by atoms with E-state index in [1.54, 1.807) is 0 Å². The predicted octanol–water partition coefficient (Wildman–Crippen LogP) is 0.972. The molecular formula is C16H20N2O3. The standard InChI is InChI=1S/C16H20N2O3/c1-2-14(19)16(21)17-10-12-5-3-6-13(9-12)11-18-8-4-7-15(18)20/h2-3,5-6,9,14,19H,1,4,7-8,10-11H2,(H,17,21)/t14-/m1/s1. The number of hydrogen-bond donors (Lipinski definition) is 2. The van der Waals surface area contributed by atoms with Gasteiger partial charge in [0.2, 0.25) is 5.91 Å². The molecule has 0 spiro atoms. The van der Waals surface area contributed by atoms with Crippen LogP contribution in [0.15, 0.2) is 36.9 Å². The maximum atomic E-state index is 11.6. The van der Waals surface area contributed by atoms with Crippen LogP contribution in [0.25, 0.3) is 0 Å². The molecule has 1 saturated heterocycles. The summed E-state index contributed by atoms with van der Waals surface area (Å²) in [6.07, 6.45) is 1.56. The number of benzene rings is 1. The van der Waals surface area contributed by atoms with E-state index < -0.39 is 12.0 Å². The zero-order valence-corrected chi connectivity index (χ0v) is 11.9. The zero-order valence-electron chi connectivity index (χ0n) is 11.9. The fraction of sp³-hybridized carbons (Fsp3) is 0.375. The summed E-state index contributed by atoms with van der Waals surface area (Å²) in [4.78, 5) is 24.9. The molecule has 2 amide bonds. The van der Waals surface area contributed by atoms with Crippen molar-refractivity contribution in [2.75, 3.05) is 6.54 Å². The summed E-state index contributed by atoms with van der Waals surface area (Å²) in [6, 6.07) is 7.73. The highest BCUT2D eigenvalue weighted by molar-refractivity contribution is 5.82. The van der Waals surface area contributed by atoms with Crippen molar-refractivity contribution in [3.63, 3.8) is 0 Å². The first kappa shape index (κ1) is 15.3. The Morgan fingerprint density at radius 2 is 2.24 bits per heavy atom. The van der Waals surface area contributed by atoms with Crippen LogP contribution in [0.3, 0.4) is 0 Å². The van der Waals surface area contributed by atoms with Gasteiger partial charge < -0.3 is 15.3 Å². The SMILES string of the molecule is C=C[C@@H](O)C(=O)NCc1cccc(CN2CCCC2=O)c1. The van der Waals surface area contributed by atoms with Gasteiger partial charge in [0.15, 0.2) is 6.10 Å². The van der Waals surface area contributed by atoms with E-state index in [-0.39, 0.29) is 5.91 Å². The van der Waals surface area contributed by atoms with Crippen LogP contribution >= 0.6 is 0 Å². The highest BCUT2D eigenvalue weighted by Gasteiger charge is 2.19. The van der Waals surface area contributed by atoms with Gasteiger partial charge in [-0.25, -0.2) is 0 Å². The molecule has 1 aromatic rings. The number of carbonyl (C=O) groups excluding carboxylic acids is 2. The number of amides is 2. The Kier molecular flexibility index (Phi) is 5.11. The summed E-state index contributed by atoms with van der Waals surface area (Å²) in [5, 5.41) is 11.9. The molecule has 5 nitrogen and oxygen atoms in total. The van der Waals surface area contributed by atoms with E-state index in [0.29, 0.717) is 19.5 Å². The third-order valence-electron chi connectivity index (χ3n) is 3.49. The average molecular weight is 288 g/mol. The minimum atomic E-state index is -1.18. The quantitative estimate of drug-likeness (QED) is 0.766. The number of nitrogens with zero attached hydrogens (tertiary/aromatic N) is 1. The third-order valence-corrected chi connectivity index (χ3v) is 3.49. The van der Waals surface area contributed by atoms with Gasteiger partial charge >= 0.3 is 0 Å². The Hall–Kier alpha value is -2.14. The molecule has 2 N–H and O–H groups in total. The second-order valence-electron chi connectivity index (χ2n) is 5.14. The van der Waals surface area contributed by atoms with Crippen LogP contribution in [-0.4, -0.2) is 34.5 Å². The highest BCUT2D eigenvalue weighted by atomic mass is 16.3. The lowest BCUT2D eigenvalue weighted by atomic mass is 10.1. The maximum absolute atomic E-state index is 11.6. The van der Waals surface area contributed by atoms with Crippen molar-refractivity contribution in [2.24, 2.45) is 0 Å². The lowest BCUT2D eigenvalue weighted by Crippen LogP contribution is -2.32. The van der Waals surface area contributed by atoms with Crippen molar-refractivity contribution in [1.82, 2.24) is 10.2 Å². The molecule has 0 saturated carbocycles. The molecule has 112 valence electrons. The normalized spacial score (nSPS) is 15.9. The maximum Gasteiger partial charge on any atom is 0.253 e. The molecular weight excluding hydrogens is 268 g/mol. The molecule has 1 atom stereocenters. The van der Waals surface area contributed by atoms with E-state index in [0.717, 1.165) is 24.1 Å². The van der Waals surface area contributed by atoms with Gasteiger partial charge in [0, 0.05) is 26.1 Å². The van der Waals surface area contributed by atoms with E-state index >= 15 is 0 Å². The number of nitrogens with one attached hydrogen (secondary N) is 1. The van der Waals surface area contributed by atoms with Gasteiger partial charge in [0.1, 0.15) is 0 Å². The van der Waals surface area contributed by atoms with Crippen LogP contribution in [-0.2, 0) is 22.7 Å². The van der Waals surface area contributed by atoms with Crippen molar-refractivity contribution in [1.29, 1.82) is 0 Å². The number of likely N-dealkylation sites (tertiary alicyclic amines) is 1. The number of rotatable bonds is 6. The van der Waals surface area contributed by atoms with Gasteiger partial charge in [-0.15, -0.1) is 0 Å². The summed E-state index contributed by atoms with van der Waals surface area (Å²) in [7, 11) is 0. The average Bonchev–Trinajstić information content (AvgIpc) is 2.89. The lowest BCUT2D eigenvalue weighted by molar-refractivity contribution is -0.128. The van der Waals surface area contributed by atoms with Crippen molar-refractivity contribution in [2.45, 2.75) is 32.0 Å². The van der Waals surface area contributed by atoms with Crippen molar-refractivity contribution in [3.05, 3.63) is 48.0 Å². The predicted molar refractivity (Wildman–Crippen MR) is 79.1 cm³/mol. The smallest absolute Gasteiger partial charge is 0.253 e. The largest absolute Gasteiger partial charge is 0.379 e. The van der Waals surface area contributed by atoms with Gasteiger partial charge in [0.05, 0.1) is 0 Å². The molecule has 1 fully saturated rings. The van der Waals surface area contributed by atoms with E-state index in [9.17, 15) is 14.7 Å². The van der Waals surface area contributed by atoms with Gasteiger partial charge in [-0.05, 0) is 17.5 Å². The molecule has 5 heteroatoms. The monoisotopic (exact) mass is 288 g/mol. The fourth-order valence-corrected chi connectivity index (χ4v) is 2.33. The summed E-state index contributed by atoms with van der Waals surface area (Å²) in [5.41, 5.74) is 1.98. The van der Waals surface area contributed by atoms with Gasteiger partial charge in [-0.3, -0.25) is 9.59 Å². The number of carbonyl (C=O) groups is 2. The Morgan fingerprint density at radius 1 is 1.48 bits per heavy atom. The Balaban J connectivity index is 1.93. The second kappa shape index (κ2) is 7.04. The number of aliphatic hydroxyl groups excluding tert-OH is 1. The molecule has 0 aromatic heterocycles. The van der Waals surface area contributed by atoms with Crippen molar-refractivity contribution >= 4 is 11.8 Å². The van der Waals surface area contributed by atoms with Crippen LogP contribution in [0.4, 0.5) is 0 Å². The Morgan fingerprint density at radius 3 is 2.90 bits per heavy atom. The molecule has 1 aliphatic heterocycles. The van der Waals surface area contributed by atoms with E-state index in [1.165, 1.54) is 6.08 Å². The first-order valence-corrected chi connectivity index (χ1v) is 7.04. The molecule has 2 rings (SSSR count). The molecule has 21 heavy (non-hydrogen) atoms. The van der Waals surface area contributed by atoms with Crippen LogP contribution in [0, 0.1) is 0 Å². The highest BCUT2D eigenvalue weighted by Crippen LogP contribution is 2.15. The van der Waals surface area contributed by atoms with Gasteiger partial charge in [-0.2, -0.15) is 0 Å². The van der Waals surface area contributed by atoms with Crippen LogP contribution in [0.2, 0.25) is 0 Å². The first-order chi connectivity index (χ1) is 10.1. The van der Waals surface area contributed by atoms with Gasteiger partial charge in [0.25, 0.3) is 5.91 Å². The van der Waals surface area contributed by atoms with Crippen molar-refractivity contribution in [3.8, 4) is 0 Å². The number of hydrogen-bond acceptors (Lipinski definition) is 3. The molecule has 1 heterocycles. The van der Waals surface area contributed by atoms with Crippen LogP contribution in [0.1, 0.15) is 24.0 Å². The van der Waals surface area contributed by atoms with Gasteiger partial charge in [-0.1, -0.05) is 36.9 Å². The van der Waals surface area contributed by atoms with Crippen molar-refractivity contribution < 1.29 is 14.7 Å². The molecule has 0 aliphatic carbocycles. The number of aliphatic hydroxyl groups is 1.